The van der Waals surface area contributed by atoms with Crippen molar-refractivity contribution in [3.8, 4) is 11.4 Å². The molecule has 0 radical (unpaired) electrons. The van der Waals surface area contributed by atoms with Gasteiger partial charge in [-0.25, -0.2) is 14.7 Å². The second-order valence-corrected chi connectivity index (χ2v) is 5.95. The fourth-order valence-electron chi connectivity index (χ4n) is 2.69. The van der Waals surface area contributed by atoms with Crippen molar-refractivity contribution >= 4 is 5.78 Å². The number of carbonyl (C=O) groups is 1. The molecule has 0 aliphatic heterocycles. The van der Waals surface area contributed by atoms with Crippen LogP contribution in [0.3, 0.4) is 0 Å². The molecule has 0 saturated carbocycles. The lowest BCUT2D eigenvalue weighted by Gasteiger charge is -2.17. The van der Waals surface area contributed by atoms with E-state index in [9.17, 15) is 9.59 Å². The van der Waals surface area contributed by atoms with Crippen molar-refractivity contribution < 1.29 is 9.53 Å². The summed E-state index contributed by atoms with van der Waals surface area (Å²) in [4.78, 5) is 23.7. The number of para-hydroxylation sites is 1. The molecule has 0 spiro atoms. The lowest BCUT2D eigenvalue weighted by Crippen LogP contribution is -2.40. The van der Waals surface area contributed by atoms with Gasteiger partial charge in [0.2, 0.25) is 0 Å². The van der Waals surface area contributed by atoms with E-state index in [1.807, 2.05) is 50.2 Å². The van der Waals surface area contributed by atoms with Gasteiger partial charge in [-0.3, -0.25) is 4.79 Å². The molecule has 130 valence electrons. The Balaban J connectivity index is 1.80. The summed E-state index contributed by atoms with van der Waals surface area (Å²) < 4.78 is 8.81. The first kappa shape index (κ1) is 16.8. The zero-order valence-corrected chi connectivity index (χ0v) is 14.6. The zero-order chi connectivity index (χ0) is 18.0. The molecule has 3 rings (SSSR count). The minimum atomic E-state index is -0.119. The number of ether oxygens (including phenoxy) is 1. The van der Waals surface area contributed by atoms with Gasteiger partial charge in [0, 0.05) is 24.6 Å². The van der Waals surface area contributed by atoms with Crippen LogP contribution in [0.25, 0.3) is 5.69 Å². The molecule has 0 saturated heterocycles. The molecule has 0 aliphatic carbocycles. The summed E-state index contributed by atoms with van der Waals surface area (Å²) in [6.07, 6.45) is 0.484. The number of benzene rings is 2. The van der Waals surface area contributed by atoms with Crippen molar-refractivity contribution in [3.63, 3.8) is 0 Å². The Morgan fingerprint density at radius 2 is 1.96 bits per heavy atom. The van der Waals surface area contributed by atoms with Crippen LogP contribution in [0.5, 0.6) is 5.75 Å². The van der Waals surface area contributed by atoms with Gasteiger partial charge in [0.05, 0.1) is 5.69 Å². The first-order valence-corrected chi connectivity index (χ1v) is 8.20. The van der Waals surface area contributed by atoms with Crippen molar-refractivity contribution in [2.24, 2.45) is 7.05 Å². The van der Waals surface area contributed by atoms with Crippen LogP contribution in [-0.2, 0) is 13.7 Å². The number of hydrogen-bond acceptors (Lipinski definition) is 3. The van der Waals surface area contributed by atoms with Crippen LogP contribution >= 0.6 is 0 Å². The molecule has 0 aliphatic rings. The van der Waals surface area contributed by atoms with Crippen LogP contribution in [0.4, 0.5) is 0 Å². The number of hydrogen-bond donors (Lipinski definition) is 1. The Morgan fingerprint density at radius 3 is 2.60 bits per heavy atom. The highest BCUT2D eigenvalue weighted by molar-refractivity contribution is 5.96. The number of H-pyrrole nitrogens is 1. The average Bonchev–Trinajstić information content (AvgIpc) is 2.64. The van der Waals surface area contributed by atoms with E-state index in [2.05, 4.69) is 5.21 Å². The molecule has 25 heavy (non-hydrogen) atoms. The number of nitrogens with one attached hydrogen (secondary N) is 1. The molecule has 0 amide bonds. The third-order valence-electron chi connectivity index (χ3n) is 4.16. The SMILES string of the molecule is CCC(=O)c1ccc(OCc2ccccc2-n2[nH]n(C)c2=O)c(C)c1. The van der Waals surface area contributed by atoms with Gasteiger partial charge >= 0.3 is 5.69 Å². The summed E-state index contributed by atoms with van der Waals surface area (Å²) >= 11 is 0. The smallest absolute Gasteiger partial charge is 0.364 e. The maximum Gasteiger partial charge on any atom is 0.364 e. The van der Waals surface area contributed by atoms with Crippen molar-refractivity contribution in [1.82, 2.24) is 14.6 Å². The van der Waals surface area contributed by atoms with E-state index in [4.69, 9.17) is 4.74 Å². The molecule has 0 atom stereocenters. The van der Waals surface area contributed by atoms with Gasteiger partial charge in [-0.15, -0.1) is 0 Å². The van der Waals surface area contributed by atoms with Gasteiger partial charge in [-0.1, -0.05) is 25.1 Å². The molecular formula is C19H21N3O3. The van der Waals surface area contributed by atoms with E-state index >= 15 is 0 Å². The van der Waals surface area contributed by atoms with E-state index in [1.165, 1.54) is 9.36 Å². The summed E-state index contributed by atoms with van der Waals surface area (Å²) in [6, 6.07) is 13.0. The normalized spacial score (nSPS) is 10.8. The first-order chi connectivity index (χ1) is 12.0. The molecule has 6 nitrogen and oxygen atoms in total. The molecule has 0 bridgehead atoms. The molecular weight excluding hydrogens is 318 g/mol. The Labute approximate surface area is 145 Å². The average molecular weight is 339 g/mol. The highest BCUT2D eigenvalue weighted by Gasteiger charge is 2.12. The predicted octanol–water partition coefficient (Wildman–Crippen LogP) is 2.98. The molecule has 6 heteroatoms. The Kier molecular flexibility index (Phi) is 4.61. The molecule has 3 aromatic rings. The Hall–Kier alpha value is -3.02. The minimum Gasteiger partial charge on any atom is -0.489 e. The summed E-state index contributed by atoms with van der Waals surface area (Å²) in [5.41, 5.74) is 3.15. The van der Waals surface area contributed by atoms with Gasteiger partial charge < -0.3 is 4.74 Å². The maximum absolute atomic E-state index is 11.9. The number of carbonyl (C=O) groups excluding carboxylic acids is 1. The lowest BCUT2D eigenvalue weighted by molar-refractivity contribution is 0.0988. The largest absolute Gasteiger partial charge is 0.489 e. The fourth-order valence-corrected chi connectivity index (χ4v) is 2.69. The van der Waals surface area contributed by atoms with Crippen molar-refractivity contribution in [2.45, 2.75) is 26.9 Å². The van der Waals surface area contributed by atoms with E-state index in [-0.39, 0.29) is 11.5 Å². The van der Waals surface area contributed by atoms with Crippen LogP contribution in [0, 0.1) is 6.92 Å². The zero-order valence-electron chi connectivity index (χ0n) is 14.6. The van der Waals surface area contributed by atoms with E-state index in [1.54, 1.807) is 13.1 Å². The highest BCUT2D eigenvalue weighted by atomic mass is 16.5. The van der Waals surface area contributed by atoms with Gasteiger partial charge in [0.1, 0.15) is 12.4 Å². The molecule has 1 N–H and O–H groups in total. The van der Waals surface area contributed by atoms with Gasteiger partial charge in [-0.05, 0) is 36.8 Å². The van der Waals surface area contributed by atoms with E-state index < -0.39 is 0 Å². The number of Topliss-reactive ketones (excluding diaryl/α,β-unsaturated/α-hetero) is 1. The van der Waals surface area contributed by atoms with Crippen molar-refractivity contribution in [3.05, 3.63) is 69.6 Å². The van der Waals surface area contributed by atoms with E-state index in [0.717, 1.165) is 22.6 Å². The second kappa shape index (κ2) is 6.84. The summed E-state index contributed by atoms with van der Waals surface area (Å²) in [7, 11) is 1.67. The summed E-state index contributed by atoms with van der Waals surface area (Å²) in [6.45, 7) is 4.10. The molecule has 0 unspecified atom stereocenters. The highest BCUT2D eigenvalue weighted by Crippen LogP contribution is 2.22. The monoisotopic (exact) mass is 339 g/mol. The van der Waals surface area contributed by atoms with Crippen LogP contribution in [0.2, 0.25) is 0 Å². The quantitative estimate of drug-likeness (QED) is 0.702. The fraction of sp³-hybridized carbons (Fsp3) is 0.263. The van der Waals surface area contributed by atoms with Gasteiger partial charge in [0.15, 0.2) is 5.78 Å². The van der Waals surface area contributed by atoms with Crippen LogP contribution in [0.1, 0.15) is 34.8 Å². The molecule has 1 heterocycles. The molecule has 0 fully saturated rings. The van der Waals surface area contributed by atoms with Crippen molar-refractivity contribution in [2.75, 3.05) is 0 Å². The first-order valence-electron chi connectivity index (χ1n) is 8.20. The molecule has 1 aromatic heterocycles. The Morgan fingerprint density at radius 1 is 1.20 bits per heavy atom. The standard InChI is InChI=1S/C19H21N3O3/c1-4-17(23)14-9-10-18(13(2)11-14)25-12-15-7-5-6-8-16(15)22-19(24)21(3)20-22/h5-11,20H,4,12H2,1-3H3. The second-order valence-electron chi connectivity index (χ2n) is 5.95. The molecule has 2 aromatic carbocycles. The maximum atomic E-state index is 11.9. The number of aromatic nitrogens is 3. The van der Waals surface area contributed by atoms with Gasteiger partial charge in [-0.2, -0.15) is 4.68 Å². The lowest BCUT2D eigenvalue weighted by atomic mass is 10.1. The number of rotatable bonds is 6. The number of nitrogens with zero attached hydrogens (tertiary/aromatic N) is 2. The van der Waals surface area contributed by atoms with Gasteiger partial charge in [0.25, 0.3) is 0 Å². The summed E-state index contributed by atoms with van der Waals surface area (Å²) in [5.74, 6) is 0.842. The topological polar surface area (TPSA) is 69.0 Å². The summed E-state index contributed by atoms with van der Waals surface area (Å²) in [5, 5.41) is 2.91. The van der Waals surface area contributed by atoms with Crippen LogP contribution in [-0.4, -0.2) is 20.4 Å². The van der Waals surface area contributed by atoms with E-state index in [0.29, 0.717) is 18.6 Å². The minimum absolute atomic E-state index is 0.117. The van der Waals surface area contributed by atoms with Crippen LogP contribution < -0.4 is 10.4 Å². The third-order valence-corrected chi connectivity index (χ3v) is 4.16. The number of aryl methyl sites for hydroxylation is 2. The predicted molar refractivity (Wildman–Crippen MR) is 95.5 cm³/mol. The third kappa shape index (κ3) is 3.28. The number of ketones is 1. The number of aromatic amines is 1. The van der Waals surface area contributed by atoms with Crippen molar-refractivity contribution in [1.29, 1.82) is 0 Å². The van der Waals surface area contributed by atoms with Crippen LogP contribution in [0.15, 0.2) is 47.3 Å². The Bertz CT molecular complexity index is 962.